The predicted molar refractivity (Wildman–Crippen MR) is 111 cm³/mol. The van der Waals surface area contributed by atoms with Crippen molar-refractivity contribution >= 4 is 17.5 Å². The Labute approximate surface area is 176 Å². The number of piperazine rings is 1. The van der Waals surface area contributed by atoms with Crippen LogP contribution >= 0.6 is 0 Å². The summed E-state index contributed by atoms with van der Waals surface area (Å²) >= 11 is 0. The maximum Gasteiger partial charge on any atom is 0.233 e. The maximum absolute atomic E-state index is 13.4. The van der Waals surface area contributed by atoms with Crippen LogP contribution in [0.1, 0.15) is 36.9 Å². The lowest BCUT2D eigenvalue weighted by molar-refractivity contribution is -0.137. The summed E-state index contributed by atoms with van der Waals surface area (Å²) in [5, 5.41) is 4.54. The molecular weight excluding hydrogens is 385 g/mol. The van der Waals surface area contributed by atoms with Crippen molar-refractivity contribution < 1.29 is 14.0 Å². The van der Waals surface area contributed by atoms with E-state index in [9.17, 15) is 14.0 Å². The Morgan fingerprint density at radius 1 is 1.10 bits per heavy atom. The molecule has 0 saturated carbocycles. The molecule has 4 rings (SSSR count). The van der Waals surface area contributed by atoms with E-state index in [4.69, 9.17) is 0 Å². The van der Waals surface area contributed by atoms with E-state index < -0.39 is 5.92 Å². The first-order chi connectivity index (χ1) is 14.5. The highest BCUT2D eigenvalue weighted by Crippen LogP contribution is 2.30. The minimum atomic E-state index is -0.423. The number of hydrogen-bond acceptors (Lipinski definition) is 4. The van der Waals surface area contributed by atoms with Crippen molar-refractivity contribution in [2.24, 2.45) is 7.05 Å². The molecule has 0 N–H and O–H groups in total. The molecule has 0 spiro atoms. The third-order valence-corrected chi connectivity index (χ3v) is 5.93. The van der Waals surface area contributed by atoms with Crippen molar-refractivity contribution in [3.05, 3.63) is 47.5 Å². The summed E-state index contributed by atoms with van der Waals surface area (Å²) in [5.74, 6) is -0.556. The lowest BCUT2D eigenvalue weighted by atomic mass is 9.94. The Kier molecular flexibility index (Phi) is 5.74. The molecule has 1 unspecified atom stereocenters. The Bertz CT molecular complexity index is 918. The number of hydrogen-bond donors (Lipinski definition) is 0. The Hall–Kier alpha value is -2.90. The smallest absolute Gasteiger partial charge is 0.233 e. The molecule has 2 aliphatic heterocycles. The van der Waals surface area contributed by atoms with Gasteiger partial charge in [-0.15, -0.1) is 0 Å². The number of carbonyl (C=O) groups is 2. The van der Waals surface area contributed by atoms with Gasteiger partial charge in [0.05, 0.1) is 5.69 Å². The third-order valence-electron chi connectivity index (χ3n) is 5.93. The first-order valence-corrected chi connectivity index (χ1v) is 10.6. The fraction of sp³-hybridized carbons (Fsp3) is 0.500. The normalized spacial score (nSPS) is 19.0. The van der Waals surface area contributed by atoms with Gasteiger partial charge in [0.1, 0.15) is 11.7 Å². The van der Waals surface area contributed by atoms with Crippen LogP contribution < -0.4 is 4.90 Å². The summed E-state index contributed by atoms with van der Waals surface area (Å²) in [5.41, 5.74) is 2.71. The highest BCUT2D eigenvalue weighted by atomic mass is 19.1. The van der Waals surface area contributed by atoms with Crippen molar-refractivity contribution in [2.45, 2.75) is 32.2 Å². The maximum atomic E-state index is 13.4. The largest absolute Gasteiger partial charge is 0.368 e. The van der Waals surface area contributed by atoms with E-state index in [1.165, 1.54) is 12.1 Å². The number of aryl methyl sites for hydroxylation is 1. The zero-order valence-corrected chi connectivity index (χ0v) is 17.6. The van der Waals surface area contributed by atoms with Crippen molar-refractivity contribution in [3.63, 3.8) is 0 Å². The number of carbonyl (C=O) groups excluding carboxylic acids is 2. The molecule has 2 aliphatic rings. The van der Waals surface area contributed by atoms with E-state index in [2.05, 4.69) is 10.00 Å². The van der Waals surface area contributed by atoms with Gasteiger partial charge in [-0.3, -0.25) is 14.3 Å². The molecule has 1 aromatic carbocycles. The molecule has 3 heterocycles. The number of halogens is 1. The number of anilines is 1. The van der Waals surface area contributed by atoms with Gasteiger partial charge >= 0.3 is 0 Å². The molecule has 1 atom stereocenters. The first-order valence-electron chi connectivity index (χ1n) is 10.6. The van der Waals surface area contributed by atoms with E-state index in [0.717, 1.165) is 23.4 Å². The Balaban J connectivity index is 1.47. The lowest BCUT2D eigenvalue weighted by Crippen LogP contribution is -2.52. The van der Waals surface area contributed by atoms with Gasteiger partial charge < -0.3 is 14.7 Å². The van der Waals surface area contributed by atoms with Gasteiger partial charge in [-0.05, 0) is 30.7 Å². The molecule has 0 aliphatic carbocycles. The van der Waals surface area contributed by atoms with Crippen molar-refractivity contribution in [1.82, 2.24) is 19.6 Å². The topological polar surface area (TPSA) is 61.7 Å². The fourth-order valence-electron chi connectivity index (χ4n) is 4.36. The van der Waals surface area contributed by atoms with Gasteiger partial charge in [0, 0.05) is 70.2 Å². The van der Waals surface area contributed by atoms with Crippen molar-refractivity contribution in [1.29, 1.82) is 0 Å². The summed E-state index contributed by atoms with van der Waals surface area (Å²) < 4.78 is 14.9. The number of fused-ring (bicyclic) bond motifs is 1. The highest BCUT2D eigenvalue weighted by Gasteiger charge is 2.37. The number of amides is 2. The second kappa shape index (κ2) is 8.45. The Morgan fingerprint density at radius 2 is 1.80 bits per heavy atom. The van der Waals surface area contributed by atoms with Crippen LogP contribution in [0.2, 0.25) is 0 Å². The average Bonchev–Trinajstić information content (AvgIpc) is 3.13. The second-order valence-electron chi connectivity index (χ2n) is 8.08. The van der Waals surface area contributed by atoms with Crippen LogP contribution in [0.3, 0.4) is 0 Å². The van der Waals surface area contributed by atoms with Crippen LogP contribution in [-0.4, -0.2) is 64.1 Å². The monoisotopic (exact) mass is 413 g/mol. The molecule has 1 saturated heterocycles. The molecule has 8 heteroatoms. The molecule has 1 aromatic heterocycles. The van der Waals surface area contributed by atoms with E-state index in [1.807, 2.05) is 25.1 Å². The van der Waals surface area contributed by atoms with Crippen LogP contribution in [0.25, 0.3) is 0 Å². The standard InChI is InChI=1S/C22H28FN5O2/c1-3-4-20(29)28-14-16-13-25(2)24-21(16)19(15-28)22(30)27-11-9-26(10-12-27)18-7-5-17(23)6-8-18/h5-8,13,19H,3-4,9-12,14-15H2,1-2H3. The number of rotatable bonds is 4. The summed E-state index contributed by atoms with van der Waals surface area (Å²) in [6.07, 6.45) is 3.19. The molecular formula is C22H28FN5O2. The number of benzene rings is 1. The minimum absolute atomic E-state index is 0.0303. The Morgan fingerprint density at radius 3 is 2.47 bits per heavy atom. The van der Waals surface area contributed by atoms with Gasteiger partial charge in [-0.25, -0.2) is 4.39 Å². The fourth-order valence-corrected chi connectivity index (χ4v) is 4.36. The SMILES string of the molecule is CCCC(=O)N1Cc2cn(C)nc2C(C(=O)N2CCN(c3ccc(F)cc3)CC2)C1. The summed E-state index contributed by atoms with van der Waals surface area (Å²) in [7, 11) is 1.85. The molecule has 2 aromatic rings. The van der Waals surface area contributed by atoms with E-state index >= 15 is 0 Å². The van der Waals surface area contributed by atoms with Gasteiger partial charge in [0.25, 0.3) is 0 Å². The van der Waals surface area contributed by atoms with Gasteiger partial charge in [0.15, 0.2) is 0 Å². The molecule has 0 radical (unpaired) electrons. The van der Waals surface area contributed by atoms with Crippen molar-refractivity contribution in [3.8, 4) is 0 Å². The molecule has 30 heavy (non-hydrogen) atoms. The van der Waals surface area contributed by atoms with Crippen molar-refractivity contribution in [2.75, 3.05) is 37.6 Å². The molecule has 1 fully saturated rings. The lowest BCUT2D eigenvalue weighted by Gasteiger charge is -2.39. The van der Waals surface area contributed by atoms with Crippen LogP contribution in [0, 0.1) is 5.82 Å². The zero-order chi connectivity index (χ0) is 21.3. The zero-order valence-electron chi connectivity index (χ0n) is 17.6. The molecule has 7 nitrogen and oxygen atoms in total. The quantitative estimate of drug-likeness (QED) is 0.771. The second-order valence-corrected chi connectivity index (χ2v) is 8.08. The van der Waals surface area contributed by atoms with Crippen LogP contribution in [0.5, 0.6) is 0 Å². The van der Waals surface area contributed by atoms with E-state index in [1.54, 1.807) is 21.7 Å². The third kappa shape index (κ3) is 4.04. The molecule has 160 valence electrons. The predicted octanol–water partition coefficient (Wildman–Crippen LogP) is 2.13. The highest BCUT2D eigenvalue weighted by molar-refractivity contribution is 5.86. The molecule has 2 amide bonds. The van der Waals surface area contributed by atoms with Crippen LogP contribution in [-0.2, 0) is 23.2 Å². The van der Waals surface area contributed by atoms with Gasteiger partial charge in [-0.2, -0.15) is 5.10 Å². The van der Waals surface area contributed by atoms with Crippen LogP contribution in [0.4, 0.5) is 10.1 Å². The summed E-state index contributed by atoms with van der Waals surface area (Å²) in [4.78, 5) is 31.8. The minimum Gasteiger partial charge on any atom is -0.368 e. The molecule has 0 bridgehead atoms. The summed E-state index contributed by atoms with van der Waals surface area (Å²) in [6.45, 7) is 5.47. The van der Waals surface area contributed by atoms with E-state index in [-0.39, 0.29) is 17.6 Å². The first kappa shape index (κ1) is 20.4. The van der Waals surface area contributed by atoms with Crippen LogP contribution in [0.15, 0.2) is 30.5 Å². The number of aromatic nitrogens is 2. The average molecular weight is 413 g/mol. The van der Waals surface area contributed by atoms with E-state index in [0.29, 0.717) is 45.7 Å². The van der Waals surface area contributed by atoms with Gasteiger partial charge in [-0.1, -0.05) is 6.92 Å². The summed E-state index contributed by atoms with van der Waals surface area (Å²) in [6, 6.07) is 6.45. The number of nitrogens with zero attached hydrogens (tertiary/aromatic N) is 5. The van der Waals surface area contributed by atoms with Gasteiger partial charge in [0.2, 0.25) is 11.8 Å².